The first-order valence-corrected chi connectivity index (χ1v) is 9.44. The highest BCUT2D eigenvalue weighted by Crippen LogP contribution is 2.17. The molecule has 0 bridgehead atoms. The lowest BCUT2D eigenvalue weighted by atomic mass is 10.2. The zero-order valence-electron chi connectivity index (χ0n) is 16.1. The molecule has 1 aromatic rings. The molecule has 150 valence electrons. The highest BCUT2D eigenvalue weighted by Gasteiger charge is 2.16. The molecule has 1 aromatic carbocycles. The van der Waals surface area contributed by atoms with Gasteiger partial charge in [0.1, 0.15) is 12.4 Å². The van der Waals surface area contributed by atoms with Crippen LogP contribution < -0.4 is 10.1 Å². The van der Waals surface area contributed by atoms with Crippen molar-refractivity contribution in [1.29, 1.82) is 0 Å². The number of hydrogen-bond acceptors (Lipinski definition) is 6. The summed E-state index contributed by atoms with van der Waals surface area (Å²) in [7, 11) is 0. The van der Waals surface area contributed by atoms with Crippen molar-refractivity contribution >= 4 is 11.9 Å². The molecule has 1 unspecified atom stereocenters. The zero-order chi connectivity index (χ0) is 19.5. The summed E-state index contributed by atoms with van der Waals surface area (Å²) in [6, 6.07) is 6.66. The Morgan fingerprint density at radius 1 is 1.26 bits per heavy atom. The van der Waals surface area contributed by atoms with Crippen LogP contribution in [0.4, 0.5) is 0 Å². The van der Waals surface area contributed by atoms with E-state index in [0.29, 0.717) is 37.5 Å². The number of nitrogens with one attached hydrogen (secondary N) is 1. The van der Waals surface area contributed by atoms with Gasteiger partial charge in [-0.05, 0) is 57.4 Å². The number of ether oxygens (including phenoxy) is 4. The van der Waals surface area contributed by atoms with Crippen LogP contribution in [0, 0.1) is 0 Å². The molecule has 2 rings (SSSR count). The molecule has 1 N–H and O–H groups in total. The molecule has 7 heteroatoms. The predicted molar refractivity (Wildman–Crippen MR) is 99.9 cm³/mol. The minimum atomic E-state index is -0.543. The molecule has 1 saturated heterocycles. The lowest BCUT2D eigenvalue weighted by Crippen LogP contribution is -2.30. The average molecular weight is 379 g/mol. The van der Waals surface area contributed by atoms with Crippen molar-refractivity contribution in [3.63, 3.8) is 0 Å². The number of rotatable bonds is 11. The Hall–Kier alpha value is -2.12. The van der Waals surface area contributed by atoms with Gasteiger partial charge in [0.05, 0.1) is 17.8 Å². The van der Waals surface area contributed by atoms with Gasteiger partial charge in [0.2, 0.25) is 0 Å². The summed E-state index contributed by atoms with van der Waals surface area (Å²) in [5.74, 6) is -0.202. The minimum absolute atomic E-state index is 0.144. The van der Waals surface area contributed by atoms with E-state index in [1.165, 1.54) is 0 Å². The molecular formula is C20H29NO6. The fraction of sp³-hybridized carbons (Fsp3) is 0.600. The first kappa shape index (κ1) is 21.2. The monoisotopic (exact) mass is 379 g/mol. The van der Waals surface area contributed by atoms with Gasteiger partial charge >= 0.3 is 5.97 Å². The SMILES string of the molecule is CC(C)OCCCNC(=O)COC(=O)c1ccc(OCC2CCCO2)cc1. The quantitative estimate of drug-likeness (QED) is 0.469. The summed E-state index contributed by atoms with van der Waals surface area (Å²) in [5.41, 5.74) is 0.373. The summed E-state index contributed by atoms with van der Waals surface area (Å²) in [6.07, 6.45) is 3.11. The molecule has 1 amide bonds. The lowest BCUT2D eigenvalue weighted by molar-refractivity contribution is -0.124. The summed E-state index contributed by atoms with van der Waals surface area (Å²) < 4.78 is 21.6. The summed E-state index contributed by atoms with van der Waals surface area (Å²) in [6.45, 7) is 5.98. The molecule has 1 atom stereocenters. The van der Waals surface area contributed by atoms with Crippen LogP contribution in [0.15, 0.2) is 24.3 Å². The molecule has 27 heavy (non-hydrogen) atoms. The Kier molecular flexibility index (Phi) is 9.07. The topological polar surface area (TPSA) is 83.1 Å². The molecule has 0 saturated carbocycles. The van der Waals surface area contributed by atoms with Crippen molar-refractivity contribution in [2.24, 2.45) is 0 Å². The Morgan fingerprint density at radius 3 is 2.70 bits per heavy atom. The first-order valence-electron chi connectivity index (χ1n) is 9.44. The molecule has 0 aliphatic carbocycles. The number of benzene rings is 1. The number of carbonyl (C=O) groups excluding carboxylic acids is 2. The molecule has 1 aliphatic rings. The van der Waals surface area contributed by atoms with E-state index in [4.69, 9.17) is 18.9 Å². The third-order valence-corrected chi connectivity index (χ3v) is 3.98. The Balaban J connectivity index is 1.62. The molecule has 1 heterocycles. The largest absolute Gasteiger partial charge is 0.491 e. The summed E-state index contributed by atoms with van der Waals surface area (Å²) in [4.78, 5) is 23.7. The van der Waals surface area contributed by atoms with Crippen molar-refractivity contribution in [2.75, 3.05) is 33.0 Å². The van der Waals surface area contributed by atoms with Gasteiger partial charge in [-0.3, -0.25) is 4.79 Å². The highest BCUT2D eigenvalue weighted by atomic mass is 16.5. The van der Waals surface area contributed by atoms with E-state index in [1.807, 2.05) is 13.8 Å². The van der Waals surface area contributed by atoms with Crippen molar-refractivity contribution in [2.45, 2.75) is 45.3 Å². The second-order valence-electron chi connectivity index (χ2n) is 6.67. The Labute approximate surface area is 160 Å². The van der Waals surface area contributed by atoms with Gasteiger partial charge in [0.25, 0.3) is 5.91 Å². The Morgan fingerprint density at radius 2 is 2.04 bits per heavy atom. The van der Waals surface area contributed by atoms with Crippen LogP contribution in [-0.4, -0.2) is 57.1 Å². The molecule has 1 fully saturated rings. The van der Waals surface area contributed by atoms with Gasteiger partial charge in [-0.15, -0.1) is 0 Å². The van der Waals surface area contributed by atoms with Crippen LogP contribution in [0.25, 0.3) is 0 Å². The standard InChI is InChI=1S/C20H29NO6/c1-15(2)24-12-4-10-21-19(22)14-27-20(23)16-6-8-17(9-7-16)26-13-18-5-3-11-25-18/h6-9,15,18H,3-5,10-14H2,1-2H3,(H,21,22). The second-order valence-corrected chi connectivity index (χ2v) is 6.67. The van der Waals surface area contributed by atoms with E-state index in [-0.39, 0.29) is 24.7 Å². The van der Waals surface area contributed by atoms with Crippen LogP contribution in [0.2, 0.25) is 0 Å². The van der Waals surface area contributed by atoms with Crippen molar-refractivity contribution in [3.8, 4) is 5.75 Å². The average Bonchev–Trinajstić information content (AvgIpc) is 3.18. The molecule has 0 spiro atoms. The molecule has 0 radical (unpaired) electrons. The van der Waals surface area contributed by atoms with Gasteiger partial charge in [-0.2, -0.15) is 0 Å². The maximum atomic E-state index is 12.0. The van der Waals surface area contributed by atoms with E-state index in [1.54, 1.807) is 24.3 Å². The van der Waals surface area contributed by atoms with E-state index in [9.17, 15) is 9.59 Å². The van der Waals surface area contributed by atoms with Gasteiger partial charge in [0.15, 0.2) is 6.61 Å². The molecule has 0 aromatic heterocycles. The van der Waals surface area contributed by atoms with Crippen LogP contribution in [-0.2, 0) is 19.0 Å². The van der Waals surface area contributed by atoms with Crippen molar-refractivity contribution < 1.29 is 28.5 Å². The zero-order valence-corrected chi connectivity index (χ0v) is 16.1. The van der Waals surface area contributed by atoms with Gasteiger partial charge in [-0.1, -0.05) is 0 Å². The van der Waals surface area contributed by atoms with Gasteiger partial charge in [-0.25, -0.2) is 4.79 Å². The number of hydrogen-bond donors (Lipinski definition) is 1. The summed E-state index contributed by atoms with van der Waals surface area (Å²) >= 11 is 0. The number of carbonyl (C=O) groups is 2. The fourth-order valence-corrected chi connectivity index (χ4v) is 2.54. The minimum Gasteiger partial charge on any atom is -0.491 e. The fourth-order valence-electron chi connectivity index (χ4n) is 2.54. The van der Waals surface area contributed by atoms with Crippen molar-refractivity contribution in [3.05, 3.63) is 29.8 Å². The Bertz CT molecular complexity index is 581. The van der Waals surface area contributed by atoms with E-state index in [0.717, 1.165) is 19.4 Å². The first-order chi connectivity index (χ1) is 13.0. The maximum Gasteiger partial charge on any atom is 0.338 e. The van der Waals surface area contributed by atoms with E-state index < -0.39 is 5.97 Å². The van der Waals surface area contributed by atoms with E-state index >= 15 is 0 Å². The normalized spacial score (nSPS) is 16.3. The number of esters is 1. The van der Waals surface area contributed by atoms with Crippen LogP contribution >= 0.6 is 0 Å². The maximum absolute atomic E-state index is 12.0. The third kappa shape index (κ3) is 8.41. The lowest BCUT2D eigenvalue weighted by Gasteiger charge is -2.11. The summed E-state index contributed by atoms with van der Waals surface area (Å²) in [5, 5.41) is 2.69. The predicted octanol–water partition coefficient (Wildman–Crippen LogP) is 2.33. The second kappa shape index (κ2) is 11.6. The van der Waals surface area contributed by atoms with E-state index in [2.05, 4.69) is 5.32 Å². The van der Waals surface area contributed by atoms with Gasteiger partial charge < -0.3 is 24.3 Å². The smallest absolute Gasteiger partial charge is 0.338 e. The van der Waals surface area contributed by atoms with Crippen LogP contribution in [0.5, 0.6) is 5.75 Å². The highest BCUT2D eigenvalue weighted by molar-refractivity contribution is 5.91. The van der Waals surface area contributed by atoms with Crippen LogP contribution in [0.1, 0.15) is 43.5 Å². The third-order valence-electron chi connectivity index (χ3n) is 3.98. The van der Waals surface area contributed by atoms with Gasteiger partial charge in [0, 0.05) is 19.8 Å². The van der Waals surface area contributed by atoms with Crippen LogP contribution in [0.3, 0.4) is 0 Å². The molecule has 1 aliphatic heterocycles. The molecule has 7 nitrogen and oxygen atoms in total. The van der Waals surface area contributed by atoms with Crippen molar-refractivity contribution in [1.82, 2.24) is 5.32 Å². The number of amides is 1. The molecular weight excluding hydrogens is 350 g/mol.